The summed E-state index contributed by atoms with van der Waals surface area (Å²) in [6.07, 6.45) is 5.52. The summed E-state index contributed by atoms with van der Waals surface area (Å²) in [5.41, 5.74) is 4.62. The number of aromatic nitrogens is 3. The van der Waals surface area contributed by atoms with Crippen molar-refractivity contribution in [3.8, 4) is 22.8 Å². The van der Waals surface area contributed by atoms with Crippen molar-refractivity contribution in [1.29, 1.82) is 0 Å². The van der Waals surface area contributed by atoms with Crippen LogP contribution in [0.1, 0.15) is 18.3 Å². The smallest absolute Gasteiger partial charge is 0.164 e. The minimum absolute atomic E-state index is 0.522. The van der Waals surface area contributed by atoms with Gasteiger partial charge in [0.1, 0.15) is 0 Å². The van der Waals surface area contributed by atoms with Gasteiger partial charge in [0, 0.05) is 16.7 Å². The van der Waals surface area contributed by atoms with Crippen LogP contribution in [0.4, 0.5) is 0 Å². The average Bonchev–Trinajstić information content (AvgIpc) is 2.74. The second-order valence-electron chi connectivity index (χ2n) is 5.93. The molecular weight excluding hydrogens is 330 g/mol. The maximum Gasteiger partial charge on any atom is 0.164 e. The van der Waals surface area contributed by atoms with Crippen molar-refractivity contribution in [2.45, 2.75) is 6.92 Å². The highest BCUT2D eigenvalue weighted by Gasteiger charge is 2.12. The van der Waals surface area contributed by atoms with Crippen LogP contribution in [0.3, 0.4) is 0 Å². The molecule has 1 heterocycles. The van der Waals surface area contributed by atoms with E-state index in [-0.39, 0.29) is 0 Å². The first-order valence-electron chi connectivity index (χ1n) is 8.69. The van der Waals surface area contributed by atoms with Gasteiger partial charge in [0.05, 0.1) is 0 Å². The second-order valence-corrected chi connectivity index (χ2v) is 5.93. The highest BCUT2D eigenvalue weighted by molar-refractivity contribution is 5.77. The predicted octanol–water partition coefficient (Wildman–Crippen LogP) is 5.99. The van der Waals surface area contributed by atoms with E-state index < -0.39 is 0 Å². The molecule has 0 spiro atoms. The summed E-state index contributed by atoms with van der Waals surface area (Å²) in [6, 6.07) is 17.9. The summed E-state index contributed by atoms with van der Waals surface area (Å²) in [5, 5.41) is 0. The standard InChI is InChI=1S/C24H21N3/c1-5-17(4)22-25-23(19-12-9-8-10-13-19)27-24(26-22)21-15-11-14-20(16-21)18(6-2)7-3/h5-16H,1-2,4H2,3H3/b18-7+. The highest BCUT2D eigenvalue weighted by atomic mass is 15.0. The molecule has 3 nitrogen and oxygen atoms in total. The van der Waals surface area contributed by atoms with Crippen LogP contribution >= 0.6 is 0 Å². The van der Waals surface area contributed by atoms with Gasteiger partial charge in [-0.25, -0.2) is 15.0 Å². The Morgan fingerprint density at radius 3 is 2.11 bits per heavy atom. The van der Waals surface area contributed by atoms with E-state index >= 15 is 0 Å². The minimum Gasteiger partial charge on any atom is -0.208 e. The first kappa shape index (κ1) is 18.2. The molecule has 0 unspecified atom stereocenters. The number of nitrogens with zero attached hydrogens (tertiary/aromatic N) is 3. The lowest BCUT2D eigenvalue weighted by atomic mass is 10.0. The maximum atomic E-state index is 4.70. The lowest BCUT2D eigenvalue weighted by Gasteiger charge is -2.09. The second kappa shape index (κ2) is 8.19. The first-order chi connectivity index (χ1) is 13.2. The molecule has 0 saturated carbocycles. The molecule has 3 aromatic rings. The summed E-state index contributed by atoms with van der Waals surface area (Å²) in [4.78, 5) is 13.9. The Morgan fingerprint density at radius 2 is 1.48 bits per heavy atom. The Labute approximate surface area is 160 Å². The van der Waals surface area contributed by atoms with Gasteiger partial charge in [-0.2, -0.15) is 0 Å². The van der Waals surface area contributed by atoms with E-state index in [1.807, 2.05) is 67.6 Å². The number of allylic oxidation sites excluding steroid dienone is 5. The molecule has 0 bridgehead atoms. The van der Waals surface area contributed by atoms with E-state index in [1.165, 1.54) is 0 Å². The monoisotopic (exact) mass is 351 g/mol. The molecule has 0 aliphatic rings. The molecule has 1 aromatic heterocycles. The van der Waals surface area contributed by atoms with E-state index in [4.69, 9.17) is 4.98 Å². The molecule has 0 atom stereocenters. The van der Waals surface area contributed by atoms with Crippen LogP contribution < -0.4 is 0 Å². The number of hydrogen-bond acceptors (Lipinski definition) is 3. The van der Waals surface area contributed by atoms with Gasteiger partial charge in [0.2, 0.25) is 0 Å². The minimum atomic E-state index is 0.522. The molecule has 0 N–H and O–H groups in total. The number of rotatable bonds is 6. The SMILES string of the molecule is C=CC(=C)c1nc(-c2ccccc2)nc(-c2cccc(/C(C=C)=C/C)c2)n1. The van der Waals surface area contributed by atoms with Gasteiger partial charge in [-0.15, -0.1) is 0 Å². The molecule has 0 fully saturated rings. The molecule has 0 aliphatic carbocycles. The van der Waals surface area contributed by atoms with Crippen LogP contribution in [-0.2, 0) is 0 Å². The van der Waals surface area contributed by atoms with Crippen LogP contribution in [0.25, 0.3) is 33.9 Å². The van der Waals surface area contributed by atoms with Crippen molar-refractivity contribution in [1.82, 2.24) is 15.0 Å². The zero-order valence-electron chi connectivity index (χ0n) is 15.4. The summed E-state index contributed by atoms with van der Waals surface area (Å²) in [7, 11) is 0. The van der Waals surface area contributed by atoms with Crippen LogP contribution in [0.2, 0.25) is 0 Å². The topological polar surface area (TPSA) is 38.7 Å². The summed E-state index contributed by atoms with van der Waals surface area (Å²) < 4.78 is 0. The quantitative estimate of drug-likeness (QED) is 0.512. The van der Waals surface area contributed by atoms with Crippen molar-refractivity contribution >= 4 is 11.1 Å². The molecule has 2 aromatic carbocycles. The van der Waals surface area contributed by atoms with Gasteiger partial charge >= 0.3 is 0 Å². The molecule has 27 heavy (non-hydrogen) atoms. The Bertz CT molecular complexity index is 1030. The van der Waals surface area contributed by atoms with Crippen molar-refractivity contribution in [3.05, 3.63) is 104 Å². The fourth-order valence-corrected chi connectivity index (χ4v) is 2.70. The number of benzene rings is 2. The van der Waals surface area contributed by atoms with E-state index in [9.17, 15) is 0 Å². The van der Waals surface area contributed by atoms with Crippen LogP contribution in [0.5, 0.6) is 0 Å². The molecule has 0 aliphatic heterocycles. The van der Waals surface area contributed by atoms with Gasteiger partial charge in [0.15, 0.2) is 17.5 Å². The van der Waals surface area contributed by atoms with Gasteiger partial charge in [-0.3, -0.25) is 0 Å². The van der Waals surface area contributed by atoms with E-state index in [0.717, 1.165) is 22.3 Å². The third kappa shape index (κ3) is 3.98. The number of hydrogen-bond donors (Lipinski definition) is 0. The Balaban J connectivity index is 2.18. The fraction of sp³-hybridized carbons (Fsp3) is 0.0417. The Kier molecular flexibility index (Phi) is 5.53. The molecule has 3 heteroatoms. The largest absolute Gasteiger partial charge is 0.208 e. The van der Waals surface area contributed by atoms with Crippen molar-refractivity contribution < 1.29 is 0 Å². The van der Waals surface area contributed by atoms with Crippen LogP contribution in [0.15, 0.2) is 92.6 Å². The summed E-state index contributed by atoms with van der Waals surface area (Å²) >= 11 is 0. The van der Waals surface area contributed by atoms with Crippen LogP contribution in [0, 0.1) is 0 Å². The van der Waals surface area contributed by atoms with E-state index in [2.05, 4.69) is 35.8 Å². The molecule has 132 valence electrons. The van der Waals surface area contributed by atoms with Gasteiger partial charge in [0.25, 0.3) is 0 Å². The maximum absolute atomic E-state index is 4.70. The van der Waals surface area contributed by atoms with E-state index in [0.29, 0.717) is 23.0 Å². The normalized spacial score (nSPS) is 11.1. The molecular formula is C24H21N3. The van der Waals surface area contributed by atoms with E-state index in [1.54, 1.807) is 6.08 Å². The lowest BCUT2D eigenvalue weighted by molar-refractivity contribution is 1.04. The predicted molar refractivity (Wildman–Crippen MR) is 114 cm³/mol. The van der Waals surface area contributed by atoms with Gasteiger partial charge in [-0.1, -0.05) is 86.5 Å². The highest BCUT2D eigenvalue weighted by Crippen LogP contribution is 2.25. The molecule has 0 amide bonds. The van der Waals surface area contributed by atoms with Gasteiger partial charge < -0.3 is 0 Å². The summed E-state index contributed by atoms with van der Waals surface area (Å²) in [6.45, 7) is 13.6. The van der Waals surface area contributed by atoms with Crippen molar-refractivity contribution in [2.75, 3.05) is 0 Å². The zero-order chi connectivity index (χ0) is 19.2. The Hall–Kier alpha value is -3.59. The van der Waals surface area contributed by atoms with Crippen molar-refractivity contribution in [3.63, 3.8) is 0 Å². The average molecular weight is 351 g/mol. The lowest BCUT2D eigenvalue weighted by Crippen LogP contribution is -2.02. The van der Waals surface area contributed by atoms with Gasteiger partial charge in [-0.05, 0) is 24.1 Å². The van der Waals surface area contributed by atoms with Crippen LogP contribution in [-0.4, -0.2) is 15.0 Å². The first-order valence-corrected chi connectivity index (χ1v) is 8.69. The molecule has 0 saturated heterocycles. The zero-order valence-corrected chi connectivity index (χ0v) is 15.4. The molecule has 3 rings (SSSR count). The third-order valence-electron chi connectivity index (χ3n) is 4.19. The summed E-state index contributed by atoms with van der Waals surface area (Å²) in [5.74, 6) is 1.73. The molecule has 0 radical (unpaired) electrons. The fourth-order valence-electron chi connectivity index (χ4n) is 2.70. The third-order valence-corrected chi connectivity index (χ3v) is 4.19. The van der Waals surface area contributed by atoms with Crippen molar-refractivity contribution in [2.24, 2.45) is 0 Å². The Morgan fingerprint density at radius 1 is 0.815 bits per heavy atom.